The van der Waals surface area contributed by atoms with Gasteiger partial charge in [-0.1, -0.05) is 0 Å². The van der Waals surface area contributed by atoms with Gasteiger partial charge < -0.3 is 4.13 Å². The maximum atomic E-state index is 12.1. The average molecular weight is 240 g/mol. The molecule has 80 valence electrons. The van der Waals surface area contributed by atoms with Crippen LogP contribution in [0.3, 0.4) is 0 Å². The Morgan fingerprint density at radius 1 is 1.15 bits per heavy atom. The van der Waals surface area contributed by atoms with Crippen molar-refractivity contribution in [2.75, 3.05) is 12.7 Å². The van der Waals surface area contributed by atoms with E-state index in [1.165, 1.54) is 0 Å². The lowest BCUT2D eigenvalue weighted by Crippen LogP contribution is -2.20. The fourth-order valence-corrected chi connectivity index (χ4v) is 2.26. The molecule has 0 aliphatic carbocycles. The maximum absolute atomic E-state index is 12.1. The van der Waals surface area contributed by atoms with E-state index in [0.29, 0.717) is 0 Å². The fourth-order valence-electron chi connectivity index (χ4n) is 0.305. The van der Waals surface area contributed by atoms with Crippen molar-refractivity contribution in [2.24, 2.45) is 0 Å². The van der Waals surface area contributed by atoms with Crippen molar-refractivity contribution >= 4 is 20.0 Å². The molecule has 0 aromatic heterocycles. The van der Waals surface area contributed by atoms with E-state index in [1.807, 2.05) is 4.13 Å². The zero-order valence-corrected chi connectivity index (χ0v) is 7.66. The lowest BCUT2D eigenvalue weighted by atomic mass is 10.9. The normalized spacial score (nSPS) is 15.6. The molecule has 0 radical (unpaired) electrons. The minimum absolute atomic E-state index is 1.88. The van der Waals surface area contributed by atoms with Gasteiger partial charge in [0.15, 0.2) is 6.01 Å². The number of alkyl halides is 3. The summed E-state index contributed by atoms with van der Waals surface area (Å²) in [6, 6.07) is -2.08. The van der Waals surface area contributed by atoms with Crippen LogP contribution >= 0.6 is 0 Å². The summed E-state index contributed by atoms with van der Waals surface area (Å²) in [4.78, 5) is 0. The van der Waals surface area contributed by atoms with Crippen molar-refractivity contribution in [1.29, 1.82) is 0 Å². The summed E-state index contributed by atoms with van der Waals surface area (Å²) in [7, 11) is -9.99. The molecule has 0 saturated carbocycles. The van der Waals surface area contributed by atoms with E-state index in [-0.39, 0.29) is 0 Å². The summed E-state index contributed by atoms with van der Waals surface area (Å²) in [5.74, 6) is 0. The van der Waals surface area contributed by atoms with Crippen LogP contribution in [0.5, 0.6) is 0 Å². The molecule has 0 heterocycles. The molecule has 10 heteroatoms. The van der Waals surface area contributed by atoms with Gasteiger partial charge in [0.05, 0.1) is 0 Å². The molecule has 0 rings (SSSR count). The highest BCUT2D eigenvalue weighted by molar-refractivity contribution is 8.12. The number of halogens is 3. The van der Waals surface area contributed by atoms with Gasteiger partial charge in [-0.3, -0.25) is 0 Å². The third-order valence-electron chi connectivity index (χ3n) is 0.800. The molecule has 0 bridgehead atoms. The Kier molecular flexibility index (Phi) is 4.13. The topological polar surface area (TPSA) is 82.4 Å². The summed E-state index contributed by atoms with van der Waals surface area (Å²) < 4.78 is 78.3. The van der Waals surface area contributed by atoms with Crippen LogP contribution in [-0.2, 0) is 20.0 Å². The lowest BCUT2D eigenvalue weighted by molar-refractivity contribution is 0.333. The van der Waals surface area contributed by atoms with Crippen LogP contribution in [0.1, 0.15) is 0 Å². The van der Waals surface area contributed by atoms with Gasteiger partial charge in [0.1, 0.15) is 26.7 Å². The molecule has 0 aromatic carbocycles. The Bertz CT molecular complexity index is 349. The van der Waals surface area contributed by atoms with E-state index in [1.54, 1.807) is 0 Å². The smallest absolute Gasteiger partial charge is 0.212 e. The predicted molar refractivity (Wildman–Crippen MR) is 38.0 cm³/mol. The van der Waals surface area contributed by atoms with E-state index < -0.39 is 38.2 Å². The summed E-state index contributed by atoms with van der Waals surface area (Å²) in [5, 5.41) is 0. The molecule has 0 spiro atoms. The second-order valence-electron chi connectivity index (χ2n) is 1.84. The van der Waals surface area contributed by atoms with Crippen LogP contribution in [-0.4, -0.2) is 35.0 Å². The minimum atomic E-state index is -5.12. The van der Waals surface area contributed by atoms with Crippen LogP contribution in [0.4, 0.5) is 13.2 Å². The van der Waals surface area contributed by atoms with Crippen LogP contribution in [0.2, 0.25) is 0 Å². The molecule has 0 amide bonds. The Balaban J connectivity index is 4.73. The standard InChI is InChI=1S/C3H5F3NO4S2/c4-1-3(6)13(10,11)7-12(8,9)2-5/h3H,1-2H2/q-1. The first-order valence-corrected chi connectivity index (χ1v) is 5.83. The Morgan fingerprint density at radius 2 is 1.62 bits per heavy atom. The highest BCUT2D eigenvalue weighted by Gasteiger charge is 2.19. The number of rotatable bonds is 5. The first kappa shape index (κ1) is 12.7. The van der Waals surface area contributed by atoms with E-state index in [4.69, 9.17) is 0 Å². The third kappa shape index (κ3) is 3.91. The van der Waals surface area contributed by atoms with E-state index in [9.17, 15) is 30.0 Å². The van der Waals surface area contributed by atoms with Crippen LogP contribution in [0.25, 0.3) is 4.13 Å². The zero-order chi connectivity index (χ0) is 10.7. The largest absolute Gasteiger partial charge is 0.431 e. The van der Waals surface area contributed by atoms with Gasteiger partial charge in [-0.2, -0.15) is 0 Å². The number of hydrogen-bond donors (Lipinski definition) is 0. The fraction of sp³-hybridized carbons (Fsp3) is 1.00. The van der Waals surface area contributed by atoms with Crippen LogP contribution in [0, 0.1) is 0 Å². The van der Waals surface area contributed by atoms with E-state index >= 15 is 0 Å². The first-order valence-electron chi connectivity index (χ1n) is 2.72. The summed E-state index contributed by atoms with van der Waals surface area (Å²) in [5.41, 5.74) is -3.08. The molecule has 0 N–H and O–H groups in total. The van der Waals surface area contributed by atoms with Crippen molar-refractivity contribution in [3.63, 3.8) is 0 Å². The lowest BCUT2D eigenvalue weighted by Gasteiger charge is -2.19. The van der Waals surface area contributed by atoms with Crippen molar-refractivity contribution in [1.82, 2.24) is 0 Å². The molecular formula is C3H5F3NO4S2-. The second kappa shape index (κ2) is 4.24. The quantitative estimate of drug-likeness (QED) is 0.687. The molecule has 0 aliphatic rings. The van der Waals surface area contributed by atoms with Gasteiger partial charge >= 0.3 is 0 Å². The Labute approximate surface area is 73.0 Å². The highest BCUT2D eigenvalue weighted by Crippen LogP contribution is 2.17. The third-order valence-corrected chi connectivity index (χ3v) is 3.59. The molecule has 0 saturated heterocycles. The number of hydrogen-bond acceptors (Lipinski definition) is 4. The number of sulfonamides is 2. The zero-order valence-electron chi connectivity index (χ0n) is 6.02. The Hall–Kier alpha value is -0.350. The molecule has 0 aliphatic heterocycles. The summed E-state index contributed by atoms with van der Waals surface area (Å²) in [6.45, 7) is -1.94. The van der Waals surface area contributed by atoms with Crippen molar-refractivity contribution in [3.05, 3.63) is 4.13 Å². The van der Waals surface area contributed by atoms with Crippen LogP contribution < -0.4 is 0 Å². The van der Waals surface area contributed by atoms with Crippen LogP contribution in [0.15, 0.2) is 0 Å². The first-order chi connectivity index (χ1) is 5.75. The molecule has 0 fully saturated rings. The van der Waals surface area contributed by atoms with Gasteiger partial charge in [-0.25, -0.2) is 30.0 Å². The monoisotopic (exact) mass is 240 g/mol. The second-order valence-corrected chi connectivity index (χ2v) is 5.36. The van der Waals surface area contributed by atoms with Gasteiger partial charge in [-0.05, 0) is 0 Å². The van der Waals surface area contributed by atoms with Gasteiger partial charge in [0.2, 0.25) is 5.50 Å². The molecule has 1 unspecified atom stereocenters. The predicted octanol–water partition coefficient (Wildman–Crippen LogP) is 0.212. The van der Waals surface area contributed by atoms with Gasteiger partial charge in [0.25, 0.3) is 0 Å². The van der Waals surface area contributed by atoms with Gasteiger partial charge in [0, 0.05) is 0 Å². The van der Waals surface area contributed by atoms with E-state index in [0.717, 1.165) is 0 Å². The van der Waals surface area contributed by atoms with Crippen molar-refractivity contribution in [3.8, 4) is 0 Å². The maximum Gasteiger partial charge on any atom is 0.212 e. The average Bonchev–Trinajstić information content (AvgIpc) is 2.01. The van der Waals surface area contributed by atoms with Crippen molar-refractivity contribution < 1.29 is 30.0 Å². The molecular weight excluding hydrogens is 235 g/mol. The van der Waals surface area contributed by atoms with Crippen molar-refractivity contribution in [2.45, 2.75) is 5.50 Å². The Morgan fingerprint density at radius 3 is 1.92 bits per heavy atom. The molecule has 0 aromatic rings. The minimum Gasteiger partial charge on any atom is -0.431 e. The molecule has 1 atom stereocenters. The molecule has 5 nitrogen and oxygen atoms in total. The van der Waals surface area contributed by atoms with Gasteiger partial charge in [-0.15, -0.1) is 0 Å². The number of nitrogens with zero attached hydrogens (tertiary/aromatic N) is 1. The summed E-state index contributed by atoms with van der Waals surface area (Å²) >= 11 is 0. The summed E-state index contributed by atoms with van der Waals surface area (Å²) in [6.07, 6.45) is 0. The van der Waals surface area contributed by atoms with E-state index in [2.05, 4.69) is 0 Å². The highest BCUT2D eigenvalue weighted by atomic mass is 32.3. The SMILES string of the molecule is O=S(=O)(CF)[N-]S(=O)(=O)C(F)CF. The molecule has 13 heavy (non-hydrogen) atoms.